The van der Waals surface area contributed by atoms with E-state index in [1.807, 2.05) is 32.9 Å². The molecule has 7 heteroatoms. The van der Waals surface area contributed by atoms with Crippen molar-refractivity contribution in [2.75, 3.05) is 26.2 Å². The van der Waals surface area contributed by atoms with Gasteiger partial charge in [-0.25, -0.2) is 4.79 Å². The van der Waals surface area contributed by atoms with Crippen LogP contribution in [0, 0.1) is 0 Å². The highest BCUT2D eigenvalue weighted by Crippen LogP contribution is 2.11. The molecule has 22 heavy (non-hydrogen) atoms. The Kier molecular flexibility index (Phi) is 7.31. The Hall–Kier alpha value is -1.63. The zero-order chi connectivity index (χ0) is 16.6. The summed E-state index contributed by atoms with van der Waals surface area (Å²) in [5, 5.41) is 0. The molecule has 6 nitrogen and oxygen atoms in total. The Bertz CT molecular complexity index is 469. The summed E-state index contributed by atoms with van der Waals surface area (Å²) in [5.74, 6) is 0. The molecule has 1 saturated heterocycles. The van der Waals surface area contributed by atoms with E-state index in [0.717, 1.165) is 10.9 Å². The molecule has 0 atom stereocenters. The minimum atomic E-state index is -0.459. The van der Waals surface area contributed by atoms with Gasteiger partial charge in [0, 0.05) is 43.0 Å². The summed E-state index contributed by atoms with van der Waals surface area (Å²) in [6.07, 6.45) is 4.00. The van der Waals surface area contributed by atoms with Gasteiger partial charge in [0.1, 0.15) is 5.60 Å². The molecule has 1 aromatic heterocycles. The minimum Gasteiger partial charge on any atom is -0.444 e. The molecule has 1 aliphatic rings. The van der Waals surface area contributed by atoms with E-state index in [0.29, 0.717) is 26.2 Å². The molecule has 0 unspecified atom stereocenters. The van der Waals surface area contributed by atoms with Crippen LogP contribution < -0.4 is 0 Å². The summed E-state index contributed by atoms with van der Waals surface area (Å²) >= 11 is 3.25. The first-order valence-electron chi connectivity index (χ1n) is 7.04. The fourth-order valence-electron chi connectivity index (χ4n) is 1.68. The molecule has 1 aromatic rings. The smallest absolute Gasteiger partial charge is 0.410 e. The molecule has 0 N–H and O–H groups in total. The third-order valence-electron chi connectivity index (χ3n) is 2.74. The maximum atomic E-state index is 11.6. The number of carbonyl (C=O) groups is 2. The number of pyridine rings is 1. The second-order valence-electron chi connectivity index (χ2n) is 5.78. The highest BCUT2D eigenvalue weighted by molar-refractivity contribution is 9.10. The quantitative estimate of drug-likeness (QED) is 0.711. The fourth-order valence-corrected chi connectivity index (χ4v) is 1.95. The molecule has 0 saturated carbocycles. The lowest BCUT2D eigenvalue weighted by atomic mass is 10.2. The first-order valence-corrected chi connectivity index (χ1v) is 7.84. The molecule has 2 heterocycles. The maximum absolute atomic E-state index is 11.6. The van der Waals surface area contributed by atoms with Gasteiger partial charge in [0.2, 0.25) is 6.41 Å². The van der Waals surface area contributed by atoms with Crippen LogP contribution in [-0.4, -0.2) is 59.1 Å². The van der Waals surface area contributed by atoms with Gasteiger partial charge in [-0.15, -0.1) is 0 Å². The number of piperazine rings is 1. The number of ether oxygens (including phenoxy) is 1. The SMILES string of the molecule is Brc1cccnc1.CC(C)(C)OC(=O)N1CCN(C=O)CC1. The molecule has 0 radical (unpaired) electrons. The van der Waals surface area contributed by atoms with Gasteiger partial charge < -0.3 is 14.5 Å². The van der Waals surface area contributed by atoms with Gasteiger partial charge in [0.05, 0.1) is 0 Å². The summed E-state index contributed by atoms with van der Waals surface area (Å²) in [6, 6.07) is 3.82. The second-order valence-corrected chi connectivity index (χ2v) is 6.70. The number of aromatic nitrogens is 1. The van der Waals surface area contributed by atoms with Gasteiger partial charge in [0.25, 0.3) is 0 Å². The topological polar surface area (TPSA) is 62.7 Å². The lowest BCUT2D eigenvalue weighted by Crippen LogP contribution is -2.49. The molecular weight excluding hydrogens is 350 g/mol. The molecule has 0 aromatic carbocycles. The van der Waals surface area contributed by atoms with Crippen LogP contribution in [0.1, 0.15) is 20.8 Å². The predicted octanol–water partition coefficient (Wildman–Crippen LogP) is 2.54. The first kappa shape index (κ1) is 18.4. The number of nitrogens with zero attached hydrogens (tertiary/aromatic N) is 3. The van der Waals surface area contributed by atoms with E-state index < -0.39 is 5.60 Å². The van der Waals surface area contributed by atoms with Crippen molar-refractivity contribution >= 4 is 28.4 Å². The Morgan fingerprint density at radius 3 is 2.32 bits per heavy atom. The van der Waals surface area contributed by atoms with E-state index in [9.17, 15) is 9.59 Å². The van der Waals surface area contributed by atoms with Crippen LogP contribution >= 0.6 is 15.9 Å². The van der Waals surface area contributed by atoms with Gasteiger partial charge in [0.15, 0.2) is 0 Å². The molecular formula is C15H22BrN3O3. The summed E-state index contributed by atoms with van der Waals surface area (Å²) in [5.41, 5.74) is -0.459. The number of hydrogen-bond donors (Lipinski definition) is 0. The zero-order valence-corrected chi connectivity index (χ0v) is 14.7. The van der Waals surface area contributed by atoms with Crippen LogP contribution in [-0.2, 0) is 9.53 Å². The normalized spacial score (nSPS) is 14.7. The van der Waals surface area contributed by atoms with Crippen molar-refractivity contribution in [2.24, 2.45) is 0 Å². The Labute approximate surface area is 139 Å². The summed E-state index contributed by atoms with van der Waals surface area (Å²) in [7, 11) is 0. The van der Waals surface area contributed by atoms with Crippen LogP contribution in [0.25, 0.3) is 0 Å². The van der Waals surface area contributed by atoms with Crippen molar-refractivity contribution < 1.29 is 14.3 Å². The van der Waals surface area contributed by atoms with Gasteiger partial charge in [-0.1, -0.05) is 0 Å². The summed E-state index contributed by atoms with van der Waals surface area (Å²) < 4.78 is 6.25. The standard InChI is InChI=1S/C10H18N2O3.C5H4BrN/c1-10(2,3)15-9(14)12-6-4-11(8-13)5-7-12;6-5-2-1-3-7-4-5/h8H,4-7H2,1-3H3;1-4H. The lowest BCUT2D eigenvalue weighted by molar-refractivity contribution is -0.119. The Morgan fingerprint density at radius 2 is 1.95 bits per heavy atom. The summed E-state index contributed by atoms with van der Waals surface area (Å²) in [6.45, 7) is 7.79. The predicted molar refractivity (Wildman–Crippen MR) is 87.4 cm³/mol. The molecule has 0 aliphatic carbocycles. The molecule has 2 amide bonds. The van der Waals surface area contributed by atoms with Crippen LogP contribution in [0.2, 0.25) is 0 Å². The van der Waals surface area contributed by atoms with E-state index in [1.54, 1.807) is 22.2 Å². The van der Waals surface area contributed by atoms with Crippen molar-refractivity contribution in [1.82, 2.24) is 14.8 Å². The van der Waals surface area contributed by atoms with Crippen molar-refractivity contribution in [3.63, 3.8) is 0 Å². The maximum Gasteiger partial charge on any atom is 0.410 e. The molecule has 1 fully saturated rings. The van der Waals surface area contributed by atoms with Crippen LogP contribution in [0.4, 0.5) is 4.79 Å². The van der Waals surface area contributed by atoms with E-state index in [4.69, 9.17) is 4.74 Å². The monoisotopic (exact) mass is 371 g/mol. The number of halogens is 1. The number of amides is 2. The molecule has 2 rings (SSSR count). The Morgan fingerprint density at radius 1 is 1.32 bits per heavy atom. The third kappa shape index (κ3) is 7.40. The molecule has 1 aliphatic heterocycles. The fraction of sp³-hybridized carbons (Fsp3) is 0.533. The lowest BCUT2D eigenvalue weighted by Gasteiger charge is -2.33. The summed E-state index contributed by atoms with van der Waals surface area (Å²) in [4.78, 5) is 29.2. The van der Waals surface area contributed by atoms with E-state index in [2.05, 4.69) is 20.9 Å². The number of rotatable bonds is 1. The van der Waals surface area contributed by atoms with Gasteiger partial charge in [-0.3, -0.25) is 9.78 Å². The first-order chi connectivity index (χ1) is 10.3. The van der Waals surface area contributed by atoms with Crippen molar-refractivity contribution in [3.05, 3.63) is 29.0 Å². The largest absolute Gasteiger partial charge is 0.444 e. The highest BCUT2D eigenvalue weighted by atomic mass is 79.9. The van der Waals surface area contributed by atoms with Crippen LogP contribution in [0.5, 0.6) is 0 Å². The highest BCUT2D eigenvalue weighted by Gasteiger charge is 2.25. The van der Waals surface area contributed by atoms with E-state index >= 15 is 0 Å². The van der Waals surface area contributed by atoms with E-state index in [1.165, 1.54) is 0 Å². The van der Waals surface area contributed by atoms with E-state index in [-0.39, 0.29) is 6.09 Å². The third-order valence-corrected chi connectivity index (χ3v) is 3.21. The van der Waals surface area contributed by atoms with Crippen molar-refractivity contribution in [2.45, 2.75) is 26.4 Å². The average molecular weight is 372 g/mol. The second kappa shape index (κ2) is 8.73. The van der Waals surface area contributed by atoms with Crippen molar-refractivity contribution in [1.29, 1.82) is 0 Å². The minimum absolute atomic E-state index is 0.298. The number of hydrogen-bond acceptors (Lipinski definition) is 4. The Balaban J connectivity index is 0.000000287. The molecule has 0 bridgehead atoms. The van der Waals surface area contributed by atoms with Crippen LogP contribution in [0.3, 0.4) is 0 Å². The number of carbonyl (C=O) groups excluding carboxylic acids is 2. The zero-order valence-electron chi connectivity index (χ0n) is 13.2. The van der Waals surface area contributed by atoms with Crippen LogP contribution in [0.15, 0.2) is 29.0 Å². The average Bonchev–Trinajstić information content (AvgIpc) is 2.47. The molecule has 122 valence electrons. The molecule has 0 spiro atoms. The van der Waals surface area contributed by atoms with Gasteiger partial charge >= 0.3 is 6.09 Å². The van der Waals surface area contributed by atoms with Gasteiger partial charge in [-0.05, 0) is 48.8 Å². The van der Waals surface area contributed by atoms with Gasteiger partial charge in [-0.2, -0.15) is 0 Å². The van der Waals surface area contributed by atoms with Crippen molar-refractivity contribution in [3.8, 4) is 0 Å².